The zero-order chi connectivity index (χ0) is 14.9. The van der Waals surface area contributed by atoms with Gasteiger partial charge in [-0.2, -0.15) is 0 Å². The molecule has 2 heteroatoms. The molecule has 0 heterocycles. The van der Waals surface area contributed by atoms with Crippen LogP contribution in [0.15, 0.2) is 0 Å². The molecule has 1 N–H and O–H groups in total. The van der Waals surface area contributed by atoms with Gasteiger partial charge in [0.15, 0.2) is 0 Å². The van der Waals surface area contributed by atoms with Crippen molar-refractivity contribution < 1.29 is 4.74 Å². The van der Waals surface area contributed by atoms with E-state index in [0.29, 0.717) is 16.9 Å². The predicted molar refractivity (Wildman–Crippen MR) is 88.5 cm³/mol. The molecule has 21 heavy (non-hydrogen) atoms. The standard InChI is InChI=1S/C19H35NO/c1-4-21-17-14-16(19(17)12-7-5-8-13-19)20-15-10-6-9-11-18(15,2)3/h15-17,20H,4-14H2,1-3H3. The molecule has 3 aliphatic carbocycles. The molecule has 2 nitrogen and oxygen atoms in total. The van der Waals surface area contributed by atoms with E-state index in [-0.39, 0.29) is 0 Å². The molecule has 3 aliphatic rings. The second-order valence-corrected chi connectivity index (χ2v) is 8.48. The minimum atomic E-state index is 0.474. The Morgan fingerprint density at radius 1 is 0.952 bits per heavy atom. The summed E-state index contributed by atoms with van der Waals surface area (Å²) in [5, 5.41) is 4.11. The van der Waals surface area contributed by atoms with Crippen molar-refractivity contribution in [1.29, 1.82) is 0 Å². The molecule has 0 radical (unpaired) electrons. The van der Waals surface area contributed by atoms with Crippen molar-refractivity contribution in [3.8, 4) is 0 Å². The highest BCUT2D eigenvalue weighted by Gasteiger charge is 2.56. The van der Waals surface area contributed by atoms with E-state index in [4.69, 9.17) is 4.74 Å². The maximum atomic E-state index is 6.10. The van der Waals surface area contributed by atoms with Crippen LogP contribution in [0.3, 0.4) is 0 Å². The molecule has 3 saturated carbocycles. The first kappa shape index (κ1) is 15.8. The van der Waals surface area contributed by atoms with Crippen LogP contribution in [-0.4, -0.2) is 24.8 Å². The number of ether oxygens (including phenoxy) is 1. The average Bonchev–Trinajstić information content (AvgIpc) is 2.48. The van der Waals surface area contributed by atoms with E-state index in [0.717, 1.165) is 18.7 Å². The Balaban J connectivity index is 1.67. The lowest BCUT2D eigenvalue weighted by atomic mass is 9.54. The van der Waals surface area contributed by atoms with Crippen molar-refractivity contribution >= 4 is 0 Å². The molecule has 0 aromatic rings. The van der Waals surface area contributed by atoms with E-state index in [1.807, 2.05) is 0 Å². The van der Waals surface area contributed by atoms with Gasteiger partial charge in [0.2, 0.25) is 0 Å². The van der Waals surface area contributed by atoms with Crippen LogP contribution in [0.25, 0.3) is 0 Å². The molecule has 122 valence electrons. The molecule has 0 aliphatic heterocycles. The fourth-order valence-electron chi connectivity index (χ4n) is 5.34. The highest BCUT2D eigenvalue weighted by atomic mass is 16.5. The monoisotopic (exact) mass is 293 g/mol. The van der Waals surface area contributed by atoms with Crippen molar-refractivity contribution in [2.45, 2.75) is 103 Å². The quantitative estimate of drug-likeness (QED) is 0.813. The summed E-state index contributed by atoms with van der Waals surface area (Å²) < 4.78 is 6.10. The van der Waals surface area contributed by atoms with E-state index in [2.05, 4.69) is 26.1 Å². The topological polar surface area (TPSA) is 21.3 Å². The minimum absolute atomic E-state index is 0.474. The van der Waals surface area contributed by atoms with Crippen LogP contribution < -0.4 is 5.32 Å². The lowest BCUT2D eigenvalue weighted by molar-refractivity contribution is -0.155. The molecular formula is C19H35NO. The van der Waals surface area contributed by atoms with Crippen LogP contribution in [0.5, 0.6) is 0 Å². The summed E-state index contributed by atoms with van der Waals surface area (Å²) in [6.45, 7) is 7.97. The highest BCUT2D eigenvalue weighted by molar-refractivity contribution is 5.10. The van der Waals surface area contributed by atoms with Gasteiger partial charge in [-0.25, -0.2) is 0 Å². The van der Waals surface area contributed by atoms with Crippen molar-refractivity contribution in [3.63, 3.8) is 0 Å². The molecule has 3 rings (SSSR count). The van der Waals surface area contributed by atoms with Crippen molar-refractivity contribution in [2.24, 2.45) is 10.8 Å². The molecule has 3 atom stereocenters. The summed E-state index contributed by atoms with van der Waals surface area (Å²) in [7, 11) is 0. The predicted octanol–water partition coefficient (Wildman–Crippen LogP) is 4.67. The van der Waals surface area contributed by atoms with Gasteiger partial charge in [-0.3, -0.25) is 0 Å². The van der Waals surface area contributed by atoms with E-state index in [1.165, 1.54) is 64.2 Å². The Morgan fingerprint density at radius 2 is 1.67 bits per heavy atom. The maximum absolute atomic E-state index is 6.10. The first-order chi connectivity index (χ1) is 10.1. The Morgan fingerprint density at radius 3 is 2.33 bits per heavy atom. The van der Waals surface area contributed by atoms with Gasteiger partial charge in [0.25, 0.3) is 0 Å². The smallest absolute Gasteiger partial charge is 0.0661 e. The minimum Gasteiger partial charge on any atom is -0.378 e. The van der Waals surface area contributed by atoms with Crippen LogP contribution in [-0.2, 0) is 4.74 Å². The number of hydrogen-bond donors (Lipinski definition) is 1. The molecule has 0 amide bonds. The Bertz CT molecular complexity index is 345. The zero-order valence-corrected chi connectivity index (χ0v) is 14.4. The van der Waals surface area contributed by atoms with Gasteiger partial charge in [0, 0.05) is 24.1 Å². The fourth-order valence-corrected chi connectivity index (χ4v) is 5.34. The highest BCUT2D eigenvalue weighted by Crippen LogP contribution is 2.54. The Labute approximate surface area is 131 Å². The van der Waals surface area contributed by atoms with Crippen LogP contribution in [0.2, 0.25) is 0 Å². The van der Waals surface area contributed by atoms with Gasteiger partial charge in [0.05, 0.1) is 6.10 Å². The van der Waals surface area contributed by atoms with Crippen LogP contribution in [0.1, 0.15) is 85.0 Å². The van der Waals surface area contributed by atoms with Crippen molar-refractivity contribution in [3.05, 3.63) is 0 Å². The molecule has 0 bridgehead atoms. The lowest BCUT2D eigenvalue weighted by Crippen LogP contribution is -2.67. The van der Waals surface area contributed by atoms with Crippen molar-refractivity contribution in [2.75, 3.05) is 6.61 Å². The third-order valence-corrected chi connectivity index (χ3v) is 6.85. The summed E-state index contributed by atoms with van der Waals surface area (Å²) >= 11 is 0. The fraction of sp³-hybridized carbons (Fsp3) is 1.00. The summed E-state index contributed by atoms with van der Waals surface area (Å²) in [6.07, 6.45) is 14.4. The van der Waals surface area contributed by atoms with E-state index < -0.39 is 0 Å². The summed E-state index contributed by atoms with van der Waals surface area (Å²) in [5.41, 5.74) is 0.951. The first-order valence-electron chi connectivity index (χ1n) is 9.46. The normalized spacial score (nSPS) is 38.1. The molecule has 3 unspecified atom stereocenters. The van der Waals surface area contributed by atoms with E-state index >= 15 is 0 Å². The van der Waals surface area contributed by atoms with Gasteiger partial charge in [0.1, 0.15) is 0 Å². The third-order valence-electron chi connectivity index (χ3n) is 6.85. The van der Waals surface area contributed by atoms with Gasteiger partial charge in [-0.1, -0.05) is 46.0 Å². The molecule has 1 spiro atoms. The van der Waals surface area contributed by atoms with Crippen molar-refractivity contribution in [1.82, 2.24) is 5.32 Å². The third kappa shape index (κ3) is 2.91. The summed E-state index contributed by atoms with van der Waals surface area (Å²) in [5.74, 6) is 0. The summed E-state index contributed by atoms with van der Waals surface area (Å²) in [6, 6.07) is 1.44. The molecule has 0 aromatic heterocycles. The van der Waals surface area contributed by atoms with Crippen LogP contribution in [0.4, 0.5) is 0 Å². The van der Waals surface area contributed by atoms with Gasteiger partial charge >= 0.3 is 0 Å². The second-order valence-electron chi connectivity index (χ2n) is 8.48. The molecular weight excluding hydrogens is 258 g/mol. The Hall–Kier alpha value is -0.0800. The van der Waals surface area contributed by atoms with Crippen LogP contribution in [0, 0.1) is 10.8 Å². The van der Waals surface area contributed by atoms with Gasteiger partial charge < -0.3 is 10.1 Å². The van der Waals surface area contributed by atoms with E-state index in [9.17, 15) is 0 Å². The summed E-state index contributed by atoms with van der Waals surface area (Å²) in [4.78, 5) is 0. The number of hydrogen-bond acceptors (Lipinski definition) is 2. The first-order valence-corrected chi connectivity index (χ1v) is 9.46. The molecule has 0 aromatic carbocycles. The zero-order valence-electron chi connectivity index (χ0n) is 14.4. The lowest BCUT2D eigenvalue weighted by Gasteiger charge is -2.59. The Kier molecular flexibility index (Phi) is 4.66. The number of rotatable bonds is 4. The number of nitrogens with one attached hydrogen (secondary N) is 1. The van der Waals surface area contributed by atoms with Crippen LogP contribution >= 0.6 is 0 Å². The largest absolute Gasteiger partial charge is 0.378 e. The SMILES string of the molecule is CCOC1CC(NC2CCCCC2(C)C)C12CCCCC2. The van der Waals surface area contributed by atoms with Gasteiger partial charge in [-0.15, -0.1) is 0 Å². The second kappa shape index (κ2) is 6.20. The maximum Gasteiger partial charge on any atom is 0.0661 e. The van der Waals surface area contributed by atoms with E-state index in [1.54, 1.807) is 0 Å². The molecule has 3 fully saturated rings. The average molecular weight is 293 g/mol. The molecule has 0 saturated heterocycles. The van der Waals surface area contributed by atoms with Gasteiger partial charge in [-0.05, 0) is 44.4 Å².